The third kappa shape index (κ3) is 3.87. The van der Waals surface area contributed by atoms with Crippen LogP contribution in [0.3, 0.4) is 0 Å². The Morgan fingerprint density at radius 3 is 2.56 bits per heavy atom. The summed E-state index contributed by atoms with van der Waals surface area (Å²) in [5.74, 6) is -0.309. The van der Waals surface area contributed by atoms with E-state index in [9.17, 15) is 14.9 Å². The van der Waals surface area contributed by atoms with E-state index in [0.717, 1.165) is 22.6 Å². The fourth-order valence-electron chi connectivity index (χ4n) is 3.68. The maximum absolute atomic E-state index is 13.1. The van der Waals surface area contributed by atoms with Crippen molar-refractivity contribution in [2.24, 2.45) is 0 Å². The molecule has 4 rings (SSSR count). The van der Waals surface area contributed by atoms with Gasteiger partial charge in [-0.2, -0.15) is 5.10 Å². The minimum absolute atomic E-state index is 0.161. The van der Waals surface area contributed by atoms with Gasteiger partial charge < -0.3 is 9.47 Å². The molecule has 9 nitrogen and oxygen atoms in total. The molecule has 0 bridgehead atoms. The van der Waals surface area contributed by atoms with Crippen LogP contribution in [0.15, 0.2) is 67.3 Å². The normalized spacial score (nSPS) is 10.8. The number of carbonyl (C=O) groups excluding carboxylic acids is 1. The zero-order valence-electron chi connectivity index (χ0n) is 18.0. The molecule has 0 spiro atoms. The monoisotopic (exact) mass is 430 g/mol. The average molecular weight is 430 g/mol. The first-order valence-electron chi connectivity index (χ1n) is 9.99. The van der Waals surface area contributed by atoms with E-state index in [1.807, 2.05) is 48.9 Å². The molecule has 4 aromatic rings. The maximum atomic E-state index is 13.1. The summed E-state index contributed by atoms with van der Waals surface area (Å²) in [7, 11) is 1.68. The summed E-state index contributed by atoms with van der Waals surface area (Å²) >= 11 is 0. The topological polar surface area (TPSA) is 99.1 Å². The predicted octanol–water partition coefficient (Wildman–Crippen LogP) is 3.86. The van der Waals surface area contributed by atoms with Crippen LogP contribution in [0.4, 0.5) is 5.69 Å². The van der Waals surface area contributed by atoms with Gasteiger partial charge in [0.25, 0.3) is 11.6 Å². The zero-order chi connectivity index (χ0) is 22.8. The van der Waals surface area contributed by atoms with Gasteiger partial charge >= 0.3 is 0 Å². The van der Waals surface area contributed by atoms with E-state index in [2.05, 4.69) is 10.1 Å². The summed E-state index contributed by atoms with van der Waals surface area (Å²) < 4.78 is 3.40. The number of hydrogen-bond acceptors (Lipinski definition) is 5. The quantitative estimate of drug-likeness (QED) is 0.342. The van der Waals surface area contributed by atoms with Gasteiger partial charge in [0.1, 0.15) is 5.69 Å². The molecule has 2 aromatic heterocycles. The number of carbonyl (C=O) groups is 1. The Morgan fingerprint density at radius 1 is 1.16 bits per heavy atom. The lowest BCUT2D eigenvalue weighted by Crippen LogP contribution is -2.27. The molecule has 0 aliphatic rings. The van der Waals surface area contributed by atoms with E-state index in [-0.39, 0.29) is 17.2 Å². The molecule has 0 saturated carbocycles. The van der Waals surface area contributed by atoms with Crippen molar-refractivity contribution in [3.63, 3.8) is 0 Å². The third-order valence-corrected chi connectivity index (χ3v) is 5.39. The Bertz CT molecular complexity index is 1280. The number of hydrogen-bond donors (Lipinski definition) is 0. The summed E-state index contributed by atoms with van der Waals surface area (Å²) in [4.78, 5) is 29.7. The molecule has 0 N–H and O–H groups in total. The highest BCUT2D eigenvalue weighted by Crippen LogP contribution is 2.26. The maximum Gasteiger partial charge on any atom is 0.294 e. The predicted molar refractivity (Wildman–Crippen MR) is 119 cm³/mol. The van der Waals surface area contributed by atoms with Crippen molar-refractivity contribution in [3.8, 4) is 11.4 Å². The van der Waals surface area contributed by atoms with Crippen molar-refractivity contribution in [1.29, 1.82) is 0 Å². The Kier molecular flexibility index (Phi) is 5.55. The van der Waals surface area contributed by atoms with Crippen molar-refractivity contribution in [2.75, 3.05) is 7.05 Å². The summed E-state index contributed by atoms with van der Waals surface area (Å²) in [6.07, 6.45) is 4.63. The number of imidazole rings is 1. The number of aryl methyl sites for hydroxylation is 1. The Balaban J connectivity index is 1.61. The van der Waals surface area contributed by atoms with Crippen LogP contribution in [0, 0.1) is 24.0 Å². The molecule has 0 aliphatic carbocycles. The van der Waals surface area contributed by atoms with Crippen LogP contribution in [0.25, 0.3) is 11.4 Å². The first-order chi connectivity index (χ1) is 15.4. The van der Waals surface area contributed by atoms with E-state index < -0.39 is 4.92 Å². The second-order valence-corrected chi connectivity index (χ2v) is 7.49. The fraction of sp³-hybridized carbons (Fsp3) is 0.174. The fourth-order valence-corrected chi connectivity index (χ4v) is 3.68. The van der Waals surface area contributed by atoms with E-state index in [1.165, 1.54) is 18.6 Å². The number of nitrogens with zero attached hydrogens (tertiary/aromatic N) is 6. The first-order valence-corrected chi connectivity index (χ1v) is 9.99. The highest BCUT2D eigenvalue weighted by Gasteiger charge is 2.22. The van der Waals surface area contributed by atoms with Gasteiger partial charge in [-0.05, 0) is 38.1 Å². The van der Waals surface area contributed by atoms with Gasteiger partial charge in [0.2, 0.25) is 0 Å². The molecule has 2 heterocycles. The van der Waals surface area contributed by atoms with Crippen LogP contribution in [0.2, 0.25) is 0 Å². The van der Waals surface area contributed by atoms with Crippen molar-refractivity contribution in [2.45, 2.75) is 20.4 Å². The van der Waals surface area contributed by atoms with Gasteiger partial charge in [-0.15, -0.1) is 0 Å². The number of aromatic nitrogens is 4. The Hall–Kier alpha value is -4.27. The van der Waals surface area contributed by atoms with Gasteiger partial charge in [-0.25, -0.2) is 9.67 Å². The number of nitro groups is 1. The highest BCUT2D eigenvalue weighted by molar-refractivity contribution is 5.95. The Labute approximate surface area is 184 Å². The summed E-state index contributed by atoms with van der Waals surface area (Å²) in [5, 5.41) is 16.2. The van der Waals surface area contributed by atoms with Crippen LogP contribution >= 0.6 is 0 Å². The van der Waals surface area contributed by atoms with Gasteiger partial charge in [0, 0.05) is 48.9 Å². The molecule has 2 aromatic carbocycles. The van der Waals surface area contributed by atoms with Gasteiger partial charge in [0.15, 0.2) is 0 Å². The van der Waals surface area contributed by atoms with Crippen LogP contribution in [0.1, 0.15) is 27.3 Å². The molecule has 9 heteroatoms. The zero-order valence-corrected chi connectivity index (χ0v) is 18.0. The molecule has 0 aliphatic heterocycles. The molecular weight excluding hydrogens is 408 g/mol. The lowest BCUT2D eigenvalue weighted by molar-refractivity contribution is -0.384. The largest absolute Gasteiger partial charge is 0.337 e. The molecular formula is C23H22N6O3. The highest BCUT2D eigenvalue weighted by atomic mass is 16.6. The summed E-state index contributed by atoms with van der Waals surface area (Å²) in [6.45, 7) is 4.21. The van der Waals surface area contributed by atoms with Crippen LogP contribution < -0.4 is 0 Å². The second kappa shape index (κ2) is 8.46. The Morgan fingerprint density at radius 2 is 1.91 bits per heavy atom. The minimum Gasteiger partial charge on any atom is -0.337 e. The molecule has 0 unspecified atom stereocenters. The molecule has 32 heavy (non-hydrogen) atoms. The van der Waals surface area contributed by atoms with E-state index in [1.54, 1.807) is 34.8 Å². The van der Waals surface area contributed by atoms with Crippen LogP contribution in [-0.4, -0.2) is 42.1 Å². The molecule has 162 valence electrons. The smallest absolute Gasteiger partial charge is 0.294 e. The second-order valence-electron chi connectivity index (χ2n) is 7.49. The lowest BCUT2D eigenvalue weighted by Gasteiger charge is -2.18. The number of benzene rings is 2. The minimum atomic E-state index is -0.496. The summed E-state index contributed by atoms with van der Waals surface area (Å²) in [6, 6.07) is 14.2. The number of para-hydroxylation sites is 1. The lowest BCUT2D eigenvalue weighted by atomic mass is 10.1. The molecule has 0 radical (unpaired) electrons. The van der Waals surface area contributed by atoms with E-state index >= 15 is 0 Å². The average Bonchev–Trinajstić information content (AvgIpc) is 3.43. The van der Waals surface area contributed by atoms with Crippen LogP contribution in [0.5, 0.6) is 0 Å². The molecule has 0 atom stereocenters. The number of rotatable bonds is 6. The number of amides is 1. The van der Waals surface area contributed by atoms with Crippen LogP contribution in [-0.2, 0) is 6.54 Å². The van der Waals surface area contributed by atoms with Crippen molar-refractivity contribution in [1.82, 2.24) is 24.2 Å². The van der Waals surface area contributed by atoms with E-state index in [0.29, 0.717) is 12.2 Å². The van der Waals surface area contributed by atoms with Crippen molar-refractivity contribution >= 4 is 11.6 Å². The first kappa shape index (κ1) is 21.0. The third-order valence-electron chi connectivity index (χ3n) is 5.39. The molecule has 1 amide bonds. The van der Waals surface area contributed by atoms with Crippen molar-refractivity contribution < 1.29 is 9.72 Å². The number of nitro benzene ring substituents is 1. The van der Waals surface area contributed by atoms with Gasteiger partial charge in [-0.3, -0.25) is 14.9 Å². The van der Waals surface area contributed by atoms with Crippen molar-refractivity contribution in [3.05, 3.63) is 99.9 Å². The SMILES string of the molecule is Cc1nn(-c2ccccc2)c(C)c1CN(C)C(=O)c1ccc(-n2ccnc2)c([N+](=O)[O-])c1. The van der Waals surface area contributed by atoms with E-state index in [4.69, 9.17) is 0 Å². The van der Waals surface area contributed by atoms with Gasteiger partial charge in [-0.1, -0.05) is 18.2 Å². The molecule has 0 saturated heterocycles. The molecule has 0 fully saturated rings. The summed E-state index contributed by atoms with van der Waals surface area (Å²) in [5.41, 5.74) is 4.08. The standard InChI is InChI=1S/C23H22N6O3/c1-16-20(17(2)28(25-16)19-7-5-4-6-8-19)14-26(3)23(30)18-9-10-21(22(13-18)29(31)32)27-12-11-24-15-27/h4-13,15H,14H2,1-3H3. The van der Waals surface area contributed by atoms with Gasteiger partial charge in [0.05, 0.1) is 22.6 Å².